The van der Waals surface area contributed by atoms with Crippen LogP contribution in [-0.4, -0.2) is 46.8 Å². The molecule has 5 heteroatoms. The maximum atomic E-state index is 12.9. The van der Waals surface area contributed by atoms with E-state index < -0.39 is 0 Å². The predicted molar refractivity (Wildman–Crippen MR) is 86.5 cm³/mol. The van der Waals surface area contributed by atoms with Gasteiger partial charge >= 0.3 is 0 Å². The largest absolute Gasteiger partial charge is 0.342 e. The summed E-state index contributed by atoms with van der Waals surface area (Å²) in [6, 6.07) is 0. The molecule has 0 aliphatic carbocycles. The molecule has 0 unspecified atom stereocenters. The van der Waals surface area contributed by atoms with Gasteiger partial charge in [-0.15, -0.1) is 0 Å². The zero-order valence-corrected chi connectivity index (χ0v) is 14.0. The molecule has 2 aliphatic heterocycles. The normalized spacial score (nSPS) is 28.0. The van der Waals surface area contributed by atoms with Crippen LogP contribution in [0.15, 0.2) is 12.4 Å². The first-order chi connectivity index (χ1) is 10.5. The molecule has 1 aromatic heterocycles. The van der Waals surface area contributed by atoms with Gasteiger partial charge in [0.15, 0.2) is 0 Å². The van der Waals surface area contributed by atoms with Gasteiger partial charge in [-0.25, -0.2) is 0 Å². The van der Waals surface area contributed by atoms with Crippen LogP contribution in [0.3, 0.4) is 0 Å². The number of nitrogens with zero attached hydrogens (tertiary/aromatic N) is 3. The molecule has 2 aliphatic rings. The molecule has 0 radical (unpaired) electrons. The smallest absolute Gasteiger partial charge is 0.227 e. The van der Waals surface area contributed by atoms with Gasteiger partial charge in [0.1, 0.15) is 0 Å². The molecular weight excluding hydrogens is 276 g/mol. The van der Waals surface area contributed by atoms with Gasteiger partial charge in [0, 0.05) is 45.3 Å². The zero-order valence-electron chi connectivity index (χ0n) is 14.0. The molecule has 0 aromatic carbocycles. The lowest BCUT2D eigenvalue weighted by atomic mass is 9.78. The van der Waals surface area contributed by atoms with E-state index in [0.29, 0.717) is 11.3 Å². The van der Waals surface area contributed by atoms with Crippen molar-refractivity contribution in [2.45, 2.75) is 39.0 Å². The topological polar surface area (TPSA) is 50.2 Å². The lowest BCUT2D eigenvalue weighted by molar-refractivity contribution is -0.137. The van der Waals surface area contributed by atoms with E-state index in [-0.39, 0.29) is 11.8 Å². The Morgan fingerprint density at radius 3 is 2.73 bits per heavy atom. The van der Waals surface area contributed by atoms with Crippen molar-refractivity contribution in [1.82, 2.24) is 20.0 Å². The highest BCUT2D eigenvalue weighted by Crippen LogP contribution is 2.36. The van der Waals surface area contributed by atoms with Crippen molar-refractivity contribution in [3.63, 3.8) is 0 Å². The van der Waals surface area contributed by atoms with E-state index in [2.05, 4.69) is 29.2 Å². The Kier molecular flexibility index (Phi) is 4.26. The van der Waals surface area contributed by atoms with Crippen LogP contribution in [-0.2, 0) is 11.8 Å². The molecule has 0 spiro atoms. The van der Waals surface area contributed by atoms with Gasteiger partial charge in [-0.05, 0) is 23.8 Å². The van der Waals surface area contributed by atoms with E-state index >= 15 is 0 Å². The number of aromatic nitrogens is 2. The minimum atomic E-state index is 0.0650. The molecule has 5 nitrogen and oxygen atoms in total. The minimum absolute atomic E-state index is 0.0650. The van der Waals surface area contributed by atoms with E-state index in [1.807, 2.05) is 24.1 Å². The molecule has 2 atom stereocenters. The van der Waals surface area contributed by atoms with E-state index in [1.54, 1.807) is 0 Å². The molecule has 1 N–H and O–H groups in total. The highest BCUT2D eigenvalue weighted by atomic mass is 16.2. The summed E-state index contributed by atoms with van der Waals surface area (Å²) in [4.78, 5) is 15.0. The first kappa shape index (κ1) is 15.5. The quantitative estimate of drug-likeness (QED) is 0.926. The van der Waals surface area contributed by atoms with Crippen LogP contribution in [0.25, 0.3) is 0 Å². The molecule has 0 saturated carbocycles. The Bertz CT molecular complexity index is 531. The van der Waals surface area contributed by atoms with Crippen LogP contribution in [0.5, 0.6) is 0 Å². The molecule has 0 bridgehead atoms. The molecule has 2 fully saturated rings. The summed E-state index contributed by atoms with van der Waals surface area (Å²) in [7, 11) is 1.93. The molecule has 122 valence electrons. The number of piperidine rings is 1. The first-order valence-electron chi connectivity index (χ1n) is 8.50. The Morgan fingerprint density at radius 1 is 1.41 bits per heavy atom. The van der Waals surface area contributed by atoms with Crippen molar-refractivity contribution in [1.29, 1.82) is 0 Å². The van der Waals surface area contributed by atoms with Crippen LogP contribution in [0.4, 0.5) is 0 Å². The minimum Gasteiger partial charge on any atom is -0.342 e. The van der Waals surface area contributed by atoms with Gasteiger partial charge in [-0.2, -0.15) is 5.10 Å². The molecule has 1 aromatic rings. The summed E-state index contributed by atoms with van der Waals surface area (Å²) in [5.74, 6) is 0.660. The third-order valence-electron chi connectivity index (χ3n) is 5.82. The Balaban J connectivity index is 1.67. The van der Waals surface area contributed by atoms with E-state index in [1.165, 1.54) is 12.0 Å². The van der Waals surface area contributed by atoms with E-state index in [4.69, 9.17) is 0 Å². The number of hydrogen-bond acceptors (Lipinski definition) is 3. The van der Waals surface area contributed by atoms with Crippen LogP contribution in [0, 0.1) is 11.3 Å². The van der Waals surface area contributed by atoms with Crippen LogP contribution in [0.2, 0.25) is 0 Å². The molecule has 3 rings (SSSR count). The second kappa shape index (κ2) is 6.03. The summed E-state index contributed by atoms with van der Waals surface area (Å²) < 4.78 is 1.82. The molecule has 2 saturated heterocycles. The van der Waals surface area contributed by atoms with Gasteiger partial charge in [0.05, 0.1) is 12.1 Å². The van der Waals surface area contributed by atoms with Gasteiger partial charge in [-0.3, -0.25) is 9.48 Å². The third kappa shape index (κ3) is 2.91. The maximum Gasteiger partial charge on any atom is 0.227 e. The number of hydrogen-bond donors (Lipinski definition) is 1. The van der Waals surface area contributed by atoms with Crippen molar-refractivity contribution >= 4 is 5.91 Å². The predicted octanol–water partition coefficient (Wildman–Crippen LogP) is 1.76. The molecular formula is C17H28N4O. The summed E-state index contributed by atoms with van der Waals surface area (Å²) in [6.07, 6.45) is 7.42. The number of carbonyl (C=O) groups excluding carboxylic acids is 1. The summed E-state index contributed by atoms with van der Waals surface area (Å²) in [5, 5.41) is 7.65. The maximum absolute atomic E-state index is 12.9. The SMILES string of the molecule is CCC1(C)CCN(C(=O)[C@H]2CNC[C@@H]2c2cnn(C)c2)CC1. The summed E-state index contributed by atoms with van der Waals surface area (Å²) >= 11 is 0. The lowest BCUT2D eigenvalue weighted by Crippen LogP contribution is -2.45. The number of nitrogens with one attached hydrogen (secondary N) is 1. The van der Waals surface area contributed by atoms with Crippen molar-refractivity contribution < 1.29 is 4.79 Å². The highest BCUT2D eigenvalue weighted by Gasteiger charge is 2.39. The van der Waals surface area contributed by atoms with Gasteiger partial charge in [0.2, 0.25) is 5.91 Å². The fourth-order valence-electron chi connectivity index (χ4n) is 3.78. The number of likely N-dealkylation sites (tertiary alicyclic amines) is 1. The molecule has 1 amide bonds. The standard InChI is InChI=1S/C17H28N4O/c1-4-17(2)5-7-21(8-6-17)16(22)15-11-18-10-14(15)13-9-19-20(3)12-13/h9,12,14-15,18H,4-8,10-11H2,1-3H3/t14-,15+/m1/s1. The van der Waals surface area contributed by atoms with Gasteiger partial charge in [-0.1, -0.05) is 20.3 Å². The Morgan fingerprint density at radius 2 is 2.14 bits per heavy atom. The average Bonchev–Trinajstić information content (AvgIpc) is 3.16. The average molecular weight is 304 g/mol. The number of aryl methyl sites for hydroxylation is 1. The van der Waals surface area contributed by atoms with Gasteiger partial charge < -0.3 is 10.2 Å². The zero-order chi connectivity index (χ0) is 15.7. The Labute approximate surface area is 133 Å². The van der Waals surface area contributed by atoms with Crippen molar-refractivity contribution in [3.05, 3.63) is 18.0 Å². The van der Waals surface area contributed by atoms with Crippen LogP contribution in [0.1, 0.15) is 44.6 Å². The van der Waals surface area contributed by atoms with E-state index in [9.17, 15) is 4.79 Å². The van der Waals surface area contributed by atoms with Gasteiger partial charge in [0.25, 0.3) is 0 Å². The monoisotopic (exact) mass is 304 g/mol. The molecule has 3 heterocycles. The second-order valence-electron chi connectivity index (χ2n) is 7.31. The summed E-state index contributed by atoms with van der Waals surface area (Å²) in [5.41, 5.74) is 1.61. The van der Waals surface area contributed by atoms with Crippen LogP contribution >= 0.6 is 0 Å². The third-order valence-corrected chi connectivity index (χ3v) is 5.82. The fourth-order valence-corrected chi connectivity index (χ4v) is 3.78. The Hall–Kier alpha value is -1.36. The highest BCUT2D eigenvalue weighted by molar-refractivity contribution is 5.80. The van der Waals surface area contributed by atoms with E-state index in [0.717, 1.165) is 39.0 Å². The molecule has 22 heavy (non-hydrogen) atoms. The number of rotatable bonds is 3. The number of amides is 1. The number of carbonyl (C=O) groups is 1. The second-order valence-corrected chi connectivity index (χ2v) is 7.31. The summed E-state index contributed by atoms with van der Waals surface area (Å²) in [6.45, 7) is 8.11. The van der Waals surface area contributed by atoms with Crippen LogP contribution < -0.4 is 5.32 Å². The first-order valence-corrected chi connectivity index (χ1v) is 8.50. The van der Waals surface area contributed by atoms with Crippen molar-refractivity contribution in [2.24, 2.45) is 18.4 Å². The van der Waals surface area contributed by atoms with Crippen molar-refractivity contribution in [3.8, 4) is 0 Å². The lowest BCUT2D eigenvalue weighted by Gasteiger charge is -2.40. The van der Waals surface area contributed by atoms with Crippen molar-refractivity contribution in [2.75, 3.05) is 26.2 Å². The fraction of sp³-hybridized carbons (Fsp3) is 0.765.